The van der Waals surface area contributed by atoms with Crippen molar-refractivity contribution in [1.82, 2.24) is 0 Å². The van der Waals surface area contributed by atoms with Crippen molar-refractivity contribution in [2.24, 2.45) is 34.4 Å². The van der Waals surface area contributed by atoms with Gasteiger partial charge in [0.2, 0.25) is 0 Å². The molecule has 0 aromatic rings. The van der Waals surface area contributed by atoms with Crippen molar-refractivity contribution in [3.8, 4) is 0 Å². The Hall–Kier alpha value is 0.673. The van der Waals surface area contributed by atoms with Gasteiger partial charge in [-0.25, -0.2) is 0 Å². The fourth-order valence-corrected chi connectivity index (χ4v) is 0. The maximum Gasteiger partial charge on any atom is 0.00461 e. The van der Waals surface area contributed by atoms with Gasteiger partial charge in [0.1, 0.15) is 0 Å². The van der Waals surface area contributed by atoms with Gasteiger partial charge in [0.05, 0.1) is 0 Å². The van der Waals surface area contributed by atoms with E-state index in [0.717, 1.165) is 0 Å². The molecule has 6 nitrogen and oxygen atoms in total. The first-order valence-electron chi connectivity index (χ1n) is 3.95. The van der Waals surface area contributed by atoms with Crippen molar-refractivity contribution >= 4 is 12.4 Å². The average molecular weight is 320 g/mol. The molecule has 8 heteroatoms. The number of rotatable bonds is 3. The topological polar surface area (TPSA) is 156 Å². The Balaban J connectivity index is -0.0000000270. The number of nitrogens with two attached hydrogens (primary N) is 6. The molecule has 0 rings (SSSR count). The molecule has 14 heavy (non-hydrogen) atoms. The molecule has 0 aromatic carbocycles. The quantitative estimate of drug-likeness (QED) is 0.307. The fraction of sp³-hybridized carbons (Fsp3) is 1.00. The van der Waals surface area contributed by atoms with E-state index in [2.05, 4.69) is 0 Å². The summed E-state index contributed by atoms with van der Waals surface area (Å²) in [7, 11) is 0. The fourth-order valence-electron chi connectivity index (χ4n) is 0. The number of hydrogen-bond acceptors (Lipinski definition) is 6. The normalized spacial score (nSPS) is 6.43. The summed E-state index contributed by atoms with van der Waals surface area (Å²) in [6, 6.07) is 0. The monoisotopic (exact) mass is 319 g/mol. The van der Waals surface area contributed by atoms with Crippen molar-refractivity contribution in [1.29, 1.82) is 0 Å². The minimum Gasteiger partial charge on any atom is -0.329 e. The summed E-state index contributed by atoms with van der Waals surface area (Å²) in [6.07, 6.45) is 0. The van der Waals surface area contributed by atoms with Crippen LogP contribution in [0.2, 0.25) is 0 Å². The third kappa shape index (κ3) is 128. The van der Waals surface area contributed by atoms with Crippen molar-refractivity contribution in [2.45, 2.75) is 0 Å². The zero-order valence-corrected chi connectivity index (χ0v) is 10.9. The molecule has 0 saturated carbocycles. The van der Waals surface area contributed by atoms with Crippen LogP contribution in [0.4, 0.5) is 0 Å². The van der Waals surface area contributed by atoms with E-state index in [0.29, 0.717) is 39.3 Å². The number of halogens is 1. The molecular weight excluding hydrogens is 294 g/mol. The van der Waals surface area contributed by atoms with E-state index >= 15 is 0 Å². The predicted octanol–water partition coefficient (Wildman–Crippen LogP) is -2.87. The van der Waals surface area contributed by atoms with Crippen molar-refractivity contribution in [2.75, 3.05) is 39.3 Å². The third-order valence-electron chi connectivity index (χ3n) is 0.500. The van der Waals surface area contributed by atoms with Crippen LogP contribution in [0.1, 0.15) is 0 Å². The molecule has 12 N–H and O–H groups in total. The molecule has 0 saturated heterocycles. The predicted molar refractivity (Wildman–Crippen MR) is 61.6 cm³/mol. The number of hydrogen-bond donors (Lipinski definition) is 6. The standard InChI is InChI=1S/3C2H8N2.ClH.Rh/c3*3-1-2-4;;/h3*1-4H2;1H;. The van der Waals surface area contributed by atoms with E-state index in [4.69, 9.17) is 34.4 Å². The van der Waals surface area contributed by atoms with Gasteiger partial charge < -0.3 is 34.4 Å². The van der Waals surface area contributed by atoms with Crippen LogP contribution in [0.5, 0.6) is 0 Å². The van der Waals surface area contributed by atoms with Gasteiger partial charge in [-0.1, -0.05) is 0 Å². The summed E-state index contributed by atoms with van der Waals surface area (Å²) in [5.74, 6) is 0. The molecule has 0 aliphatic rings. The van der Waals surface area contributed by atoms with Gasteiger partial charge in [-0.05, 0) is 0 Å². The first-order chi connectivity index (χ1) is 5.74. The maximum atomic E-state index is 4.90. The van der Waals surface area contributed by atoms with Crippen LogP contribution < -0.4 is 34.4 Å². The average Bonchev–Trinajstić information content (AvgIpc) is 2.18. The molecule has 1 radical (unpaired) electrons. The van der Waals surface area contributed by atoms with Crippen LogP contribution in [-0.2, 0) is 19.5 Å². The summed E-state index contributed by atoms with van der Waals surface area (Å²) in [4.78, 5) is 0. The van der Waals surface area contributed by atoms with Gasteiger partial charge in [0.15, 0.2) is 0 Å². The second-order valence-corrected chi connectivity index (χ2v) is 1.73. The third-order valence-corrected chi connectivity index (χ3v) is 0.500. The van der Waals surface area contributed by atoms with E-state index < -0.39 is 0 Å². The van der Waals surface area contributed by atoms with Crippen LogP contribution in [0, 0.1) is 0 Å². The molecule has 0 bridgehead atoms. The Kier molecular flexibility index (Phi) is 103. The van der Waals surface area contributed by atoms with Gasteiger partial charge >= 0.3 is 0 Å². The van der Waals surface area contributed by atoms with Crippen molar-refractivity contribution in [3.63, 3.8) is 0 Å². The van der Waals surface area contributed by atoms with Crippen LogP contribution in [0.25, 0.3) is 0 Å². The second-order valence-electron chi connectivity index (χ2n) is 1.73. The zero-order chi connectivity index (χ0) is 10.2. The second kappa shape index (κ2) is 49.3. The van der Waals surface area contributed by atoms with Crippen LogP contribution in [0.3, 0.4) is 0 Å². The smallest absolute Gasteiger partial charge is 0.00461 e. The zero-order valence-electron chi connectivity index (χ0n) is 8.45. The maximum absolute atomic E-state index is 4.90. The minimum absolute atomic E-state index is 0. The first kappa shape index (κ1) is 29.3. The Labute approximate surface area is 106 Å². The van der Waals surface area contributed by atoms with E-state index in [1.807, 2.05) is 0 Å². The molecule has 0 spiro atoms. The molecule has 0 aromatic heterocycles. The Morgan fingerprint density at radius 2 is 0.500 bits per heavy atom. The van der Waals surface area contributed by atoms with Crippen LogP contribution >= 0.6 is 12.4 Å². The SMILES string of the molecule is Cl.NCCN.NCCN.NCCN.[Rh]. The van der Waals surface area contributed by atoms with E-state index in [1.54, 1.807) is 0 Å². The summed E-state index contributed by atoms with van der Waals surface area (Å²) in [5, 5.41) is 0. The van der Waals surface area contributed by atoms with Crippen molar-refractivity contribution in [3.05, 3.63) is 0 Å². The first-order valence-corrected chi connectivity index (χ1v) is 3.95. The summed E-state index contributed by atoms with van der Waals surface area (Å²) >= 11 is 0. The largest absolute Gasteiger partial charge is 0.329 e. The van der Waals surface area contributed by atoms with E-state index in [-0.39, 0.29) is 31.9 Å². The van der Waals surface area contributed by atoms with Gasteiger partial charge in [-0.15, -0.1) is 12.4 Å². The molecule has 0 atom stereocenters. The van der Waals surface area contributed by atoms with Gasteiger partial charge in [0.25, 0.3) is 0 Å². The molecule has 0 aliphatic heterocycles. The van der Waals surface area contributed by atoms with E-state index in [1.165, 1.54) is 0 Å². The summed E-state index contributed by atoms with van der Waals surface area (Å²) < 4.78 is 0. The minimum atomic E-state index is 0. The van der Waals surface area contributed by atoms with Gasteiger partial charge in [0, 0.05) is 58.7 Å². The van der Waals surface area contributed by atoms with Gasteiger partial charge in [-0.2, -0.15) is 0 Å². The van der Waals surface area contributed by atoms with Crippen LogP contribution in [-0.4, -0.2) is 39.3 Å². The Morgan fingerprint density at radius 3 is 0.500 bits per heavy atom. The molecule has 0 unspecified atom stereocenters. The van der Waals surface area contributed by atoms with E-state index in [9.17, 15) is 0 Å². The molecule has 0 fully saturated rings. The Morgan fingerprint density at radius 1 is 0.429 bits per heavy atom. The van der Waals surface area contributed by atoms with Gasteiger partial charge in [-0.3, -0.25) is 0 Å². The molecule has 95 valence electrons. The molecular formula is C6H25ClN6Rh. The summed E-state index contributed by atoms with van der Waals surface area (Å²) in [6.45, 7) is 3.58. The van der Waals surface area contributed by atoms with Crippen LogP contribution in [0.15, 0.2) is 0 Å². The Bertz CT molecular complexity index is 37.8. The molecule has 0 heterocycles. The molecule has 0 aliphatic carbocycles. The summed E-state index contributed by atoms with van der Waals surface area (Å²) in [5.41, 5.74) is 29.4. The van der Waals surface area contributed by atoms with Crippen molar-refractivity contribution < 1.29 is 19.5 Å². The molecule has 0 amide bonds.